The van der Waals surface area contributed by atoms with Crippen molar-refractivity contribution in [2.45, 2.75) is 39.2 Å². The first-order valence-electron chi connectivity index (χ1n) is 4.96. The average molecular weight is 180 g/mol. The maximum atomic E-state index is 11.4. The molecule has 0 radical (unpaired) electrons. The predicted molar refractivity (Wildman–Crippen MR) is 51.9 cm³/mol. The van der Waals surface area contributed by atoms with Crippen LogP contribution < -0.4 is 5.69 Å². The number of rotatable bonds is 3. The van der Waals surface area contributed by atoms with E-state index in [1.165, 1.54) is 12.8 Å². The van der Waals surface area contributed by atoms with Gasteiger partial charge < -0.3 is 4.98 Å². The number of nitrogens with one attached hydrogen (secondary N) is 1. The molecule has 0 bridgehead atoms. The van der Waals surface area contributed by atoms with Crippen LogP contribution in [-0.2, 0) is 6.54 Å². The summed E-state index contributed by atoms with van der Waals surface area (Å²) in [5.41, 5.74) is 1.10. The second-order valence-corrected chi connectivity index (χ2v) is 4.27. The Balaban J connectivity index is 2.19. The molecule has 0 amide bonds. The molecule has 2 rings (SSSR count). The molecule has 0 saturated heterocycles. The van der Waals surface area contributed by atoms with Crippen LogP contribution in [0.4, 0.5) is 0 Å². The highest BCUT2D eigenvalue weighted by atomic mass is 16.1. The Morgan fingerprint density at radius 2 is 2.31 bits per heavy atom. The fourth-order valence-corrected chi connectivity index (χ4v) is 1.46. The number of nitrogens with zero attached hydrogens (tertiary/aromatic N) is 1. The van der Waals surface area contributed by atoms with Crippen molar-refractivity contribution in [2.75, 3.05) is 0 Å². The third-order valence-corrected chi connectivity index (χ3v) is 2.58. The van der Waals surface area contributed by atoms with Crippen LogP contribution in [-0.4, -0.2) is 9.55 Å². The molecule has 0 aromatic carbocycles. The fourth-order valence-electron chi connectivity index (χ4n) is 1.46. The SMILES string of the molecule is CC(C)c1cn(CC2CC2)c(=O)[nH]1. The fraction of sp³-hybridized carbons (Fsp3) is 0.700. The maximum absolute atomic E-state index is 11.4. The first kappa shape index (κ1) is 8.60. The Kier molecular flexibility index (Phi) is 2.02. The third kappa shape index (κ3) is 1.85. The molecule has 1 saturated carbocycles. The van der Waals surface area contributed by atoms with E-state index in [9.17, 15) is 4.79 Å². The first-order valence-corrected chi connectivity index (χ1v) is 4.96. The van der Waals surface area contributed by atoms with Gasteiger partial charge in [0.05, 0.1) is 0 Å². The van der Waals surface area contributed by atoms with Crippen molar-refractivity contribution in [1.82, 2.24) is 9.55 Å². The molecular formula is C10H16N2O. The lowest BCUT2D eigenvalue weighted by Gasteiger charge is -1.98. The molecule has 1 N–H and O–H groups in total. The Bertz CT molecular complexity index is 344. The molecule has 72 valence electrons. The molecular weight excluding hydrogens is 164 g/mol. The van der Waals surface area contributed by atoms with E-state index in [1.54, 1.807) is 0 Å². The van der Waals surface area contributed by atoms with Gasteiger partial charge >= 0.3 is 5.69 Å². The number of aromatic nitrogens is 2. The molecule has 1 aliphatic rings. The van der Waals surface area contributed by atoms with E-state index in [4.69, 9.17) is 0 Å². The molecule has 3 nitrogen and oxygen atoms in total. The van der Waals surface area contributed by atoms with Crippen LogP contribution in [0, 0.1) is 5.92 Å². The average Bonchev–Trinajstić information content (AvgIpc) is 2.78. The molecule has 1 heterocycles. The normalized spacial score (nSPS) is 16.8. The van der Waals surface area contributed by atoms with Crippen molar-refractivity contribution in [3.8, 4) is 0 Å². The van der Waals surface area contributed by atoms with Crippen molar-refractivity contribution in [3.63, 3.8) is 0 Å². The summed E-state index contributed by atoms with van der Waals surface area (Å²) < 4.78 is 1.81. The number of aromatic amines is 1. The van der Waals surface area contributed by atoms with Crippen molar-refractivity contribution >= 4 is 0 Å². The van der Waals surface area contributed by atoms with Gasteiger partial charge in [0, 0.05) is 18.4 Å². The molecule has 0 aliphatic heterocycles. The largest absolute Gasteiger partial charge is 0.325 e. The standard InChI is InChI=1S/C10H16N2O/c1-7(2)9-6-12(10(13)11-9)5-8-3-4-8/h6-8H,3-5H2,1-2H3,(H,11,13). The summed E-state index contributed by atoms with van der Waals surface area (Å²) in [5, 5.41) is 0. The minimum atomic E-state index is 0.0515. The smallest absolute Gasteiger partial charge is 0.310 e. The predicted octanol–water partition coefficient (Wildman–Crippen LogP) is 1.71. The van der Waals surface area contributed by atoms with Gasteiger partial charge in [0.1, 0.15) is 0 Å². The monoisotopic (exact) mass is 180 g/mol. The van der Waals surface area contributed by atoms with E-state index in [1.807, 2.05) is 10.8 Å². The van der Waals surface area contributed by atoms with Crippen molar-refractivity contribution < 1.29 is 0 Å². The van der Waals surface area contributed by atoms with Gasteiger partial charge in [-0.05, 0) is 24.7 Å². The minimum Gasteiger partial charge on any atom is -0.310 e. The molecule has 13 heavy (non-hydrogen) atoms. The van der Waals surface area contributed by atoms with Crippen LogP contribution in [0.5, 0.6) is 0 Å². The highest BCUT2D eigenvalue weighted by Gasteiger charge is 2.22. The van der Waals surface area contributed by atoms with Gasteiger partial charge in [0.2, 0.25) is 0 Å². The van der Waals surface area contributed by atoms with Gasteiger partial charge in [-0.3, -0.25) is 4.57 Å². The Labute approximate surface area is 77.8 Å². The van der Waals surface area contributed by atoms with Crippen LogP contribution in [0.15, 0.2) is 11.0 Å². The van der Waals surface area contributed by atoms with Crippen LogP contribution in [0.2, 0.25) is 0 Å². The highest BCUT2D eigenvalue weighted by Crippen LogP contribution is 2.30. The van der Waals surface area contributed by atoms with E-state index < -0.39 is 0 Å². The summed E-state index contributed by atoms with van der Waals surface area (Å²) in [4.78, 5) is 14.3. The summed E-state index contributed by atoms with van der Waals surface area (Å²) in [7, 11) is 0. The van der Waals surface area contributed by atoms with Crippen molar-refractivity contribution in [1.29, 1.82) is 0 Å². The van der Waals surface area contributed by atoms with E-state index >= 15 is 0 Å². The summed E-state index contributed by atoms with van der Waals surface area (Å²) in [5.74, 6) is 1.17. The summed E-state index contributed by atoms with van der Waals surface area (Å²) >= 11 is 0. The summed E-state index contributed by atoms with van der Waals surface area (Å²) in [6.45, 7) is 5.08. The Hall–Kier alpha value is -0.990. The van der Waals surface area contributed by atoms with Gasteiger partial charge in [0.15, 0.2) is 0 Å². The Morgan fingerprint density at radius 3 is 2.77 bits per heavy atom. The van der Waals surface area contributed by atoms with Crippen LogP contribution in [0.3, 0.4) is 0 Å². The molecule has 1 aromatic heterocycles. The van der Waals surface area contributed by atoms with Crippen molar-refractivity contribution in [3.05, 3.63) is 22.4 Å². The lowest BCUT2D eigenvalue weighted by Crippen LogP contribution is -2.16. The summed E-state index contributed by atoms with van der Waals surface area (Å²) in [6.07, 6.45) is 4.54. The number of imidazole rings is 1. The van der Waals surface area contributed by atoms with Crippen LogP contribution >= 0.6 is 0 Å². The van der Waals surface area contributed by atoms with Crippen molar-refractivity contribution in [2.24, 2.45) is 5.92 Å². The molecule has 3 heteroatoms. The maximum Gasteiger partial charge on any atom is 0.325 e. The zero-order chi connectivity index (χ0) is 9.42. The molecule has 1 fully saturated rings. The van der Waals surface area contributed by atoms with E-state index in [0.29, 0.717) is 5.92 Å². The zero-order valence-electron chi connectivity index (χ0n) is 8.21. The topological polar surface area (TPSA) is 37.8 Å². The molecule has 1 aliphatic carbocycles. The van der Waals surface area contributed by atoms with E-state index in [2.05, 4.69) is 18.8 Å². The number of hydrogen-bond acceptors (Lipinski definition) is 1. The van der Waals surface area contributed by atoms with Gasteiger partial charge in [0.25, 0.3) is 0 Å². The lowest BCUT2D eigenvalue weighted by atomic mass is 10.2. The quantitative estimate of drug-likeness (QED) is 0.755. The summed E-state index contributed by atoms with van der Waals surface area (Å²) in [6, 6.07) is 0. The van der Waals surface area contributed by atoms with Crippen LogP contribution in [0.25, 0.3) is 0 Å². The highest BCUT2D eigenvalue weighted by molar-refractivity contribution is 5.02. The second-order valence-electron chi connectivity index (χ2n) is 4.27. The third-order valence-electron chi connectivity index (χ3n) is 2.58. The van der Waals surface area contributed by atoms with Crippen LogP contribution in [0.1, 0.15) is 38.3 Å². The van der Waals surface area contributed by atoms with E-state index in [-0.39, 0.29) is 5.69 Å². The van der Waals surface area contributed by atoms with Gasteiger partial charge in [-0.2, -0.15) is 0 Å². The zero-order valence-corrected chi connectivity index (χ0v) is 8.21. The molecule has 0 atom stereocenters. The van der Waals surface area contributed by atoms with Gasteiger partial charge in [-0.1, -0.05) is 13.8 Å². The first-order chi connectivity index (χ1) is 6.16. The molecule has 0 spiro atoms. The number of hydrogen-bond donors (Lipinski definition) is 1. The number of H-pyrrole nitrogens is 1. The molecule has 0 unspecified atom stereocenters. The van der Waals surface area contributed by atoms with E-state index in [0.717, 1.165) is 18.2 Å². The van der Waals surface area contributed by atoms with Gasteiger partial charge in [-0.25, -0.2) is 4.79 Å². The molecule has 1 aromatic rings. The lowest BCUT2D eigenvalue weighted by molar-refractivity contribution is 0.608. The Morgan fingerprint density at radius 1 is 1.62 bits per heavy atom. The minimum absolute atomic E-state index is 0.0515. The second kappa shape index (κ2) is 3.05. The van der Waals surface area contributed by atoms with Gasteiger partial charge in [-0.15, -0.1) is 0 Å².